The standard InChI is InChI=1S/C13H25N5/c1-16-10-6-15-13(16)18-9-4-8-17(11-12-18)7-3-2-5-14/h6,10H,2-5,7-9,11-12,14H2,1H3. The summed E-state index contributed by atoms with van der Waals surface area (Å²) in [7, 11) is 2.06. The molecule has 102 valence electrons. The second-order valence-electron chi connectivity index (χ2n) is 5.02. The van der Waals surface area contributed by atoms with Crippen molar-refractivity contribution in [1.29, 1.82) is 0 Å². The van der Waals surface area contributed by atoms with Crippen LogP contribution < -0.4 is 10.6 Å². The highest BCUT2D eigenvalue weighted by atomic mass is 15.3. The Hall–Kier alpha value is -1.07. The van der Waals surface area contributed by atoms with Gasteiger partial charge in [-0.15, -0.1) is 0 Å². The number of aromatic nitrogens is 2. The Labute approximate surface area is 110 Å². The quantitative estimate of drug-likeness (QED) is 0.782. The zero-order valence-electron chi connectivity index (χ0n) is 11.4. The van der Waals surface area contributed by atoms with Gasteiger partial charge in [-0.05, 0) is 38.9 Å². The fourth-order valence-corrected chi connectivity index (χ4v) is 2.54. The molecule has 0 spiro atoms. The molecular weight excluding hydrogens is 226 g/mol. The van der Waals surface area contributed by atoms with E-state index < -0.39 is 0 Å². The van der Waals surface area contributed by atoms with Crippen molar-refractivity contribution in [2.45, 2.75) is 19.3 Å². The summed E-state index contributed by atoms with van der Waals surface area (Å²) in [5, 5.41) is 0. The lowest BCUT2D eigenvalue weighted by Crippen LogP contribution is -2.32. The average molecular weight is 251 g/mol. The summed E-state index contributed by atoms with van der Waals surface area (Å²) in [6, 6.07) is 0. The van der Waals surface area contributed by atoms with Crippen molar-refractivity contribution >= 4 is 5.95 Å². The van der Waals surface area contributed by atoms with Crippen LogP contribution in [0.4, 0.5) is 5.95 Å². The number of unbranched alkanes of at least 4 members (excludes halogenated alkanes) is 1. The average Bonchev–Trinajstić information content (AvgIpc) is 2.66. The Morgan fingerprint density at radius 2 is 2.11 bits per heavy atom. The van der Waals surface area contributed by atoms with Gasteiger partial charge in [0.25, 0.3) is 0 Å². The van der Waals surface area contributed by atoms with Gasteiger partial charge >= 0.3 is 0 Å². The number of nitrogens with zero attached hydrogens (tertiary/aromatic N) is 4. The molecule has 1 saturated heterocycles. The highest BCUT2D eigenvalue weighted by Gasteiger charge is 2.16. The smallest absolute Gasteiger partial charge is 0.205 e. The summed E-state index contributed by atoms with van der Waals surface area (Å²) in [5.41, 5.74) is 5.54. The second kappa shape index (κ2) is 6.75. The first-order chi connectivity index (χ1) is 8.81. The zero-order valence-corrected chi connectivity index (χ0v) is 11.4. The summed E-state index contributed by atoms with van der Waals surface area (Å²) < 4.78 is 2.10. The first-order valence-corrected chi connectivity index (χ1v) is 6.96. The monoisotopic (exact) mass is 251 g/mol. The van der Waals surface area contributed by atoms with Crippen molar-refractivity contribution < 1.29 is 0 Å². The molecule has 2 heterocycles. The number of hydrogen-bond donors (Lipinski definition) is 1. The predicted molar refractivity (Wildman–Crippen MR) is 74.8 cm³/mol. The molecule has 0 aromatic carbocycles. The van der Waals surface area contributed by atoms with E-state index in [1.807, 2.05) is 12.4 Å². The van der Waals surface area contributed by atoms with E-state index >= 15 is 0 Å². The van der Waals surface area contributed by atoms with Gasteiger partial charge in [-0.2, -0.15) is 0 Å². The first kappa shape index (κ1) is 13.4. The second-order valence-corrected chi connectivity index (χ2v) is 5.02. The highest BCUT2D eigenvalue weighted by molar-refractivity contribution is 5.31. The van der Waals surface area contributed by atoms with E-state index in [1.165, 1.54) is 25.9 Å². The van der Waals surface area contributed by atoms with E-state index in [1.54, 1.807) is 0 Å². The minimum atomic E-state index is 0.813. The van der Waals surface area contributed by atoms with Crippen LogP contribution in [0.2, 0.25) is 0 Å². The highest BCUT2D eigenvalue weighted by Crippen LogP contribution is 2.13. The van der Waals surface area contributed by atoms with E-state index in [4.69, 9.17) is 5.73 Å². The van der Waals surface area contributed by atoms with Crippen LogP contribution in [0.5, 0.6) is 0 Å². The number of nitrogens with two attached hydrogens (primary N) is 1. The molecule has 2 rings (SSSR count). The number of aryl methyl sites for hydroxylation is 1. The van der Waals surface area contributed by atoms with Crippen LogP contribution in [-0.2, 0) is 7.05 Å². The van der Waals surface area contributed by atoms with Crippen molar-refractivity contribution in [2.24, 2.45) is 12.8 Å². The molecule has 0 amide bonds. The lowest BCUT2D eigenvalue weighted by atomic mass is 10.3. The molecular formula is C13H25N5. The zero-order chi connectivity index (χ0) is 12.8. The topological polar surface area (TPSA) is 50.3 Å². The van der Waals surface area contributed by atoms with Gasteiger partial charge in [-0.1, -0.05) is 0 Å². The van der Waals surface area contributed by atoms with Gasteiger partial charge < -0.3 is 20.1 Å². The molecule has 0 saturated carbocycles. The van der Waals surface area contributed by atoms with Crippen LogP contribution in [-0.4, -0.2) is 53.7 Å². The first-order valence-electron chi connectivity index (χ1n) is 6.96. The third-order valence-electron chi connectivity index (χ3n) is 3.60. The molecule has 2 N–H and O–H groups in total. The Morgan fingerprint density at radius 3 is 2.83 bits per heavy atom. The number of hydrogen-bond acceptors (Lipinski definition) is 4. The molecule has 1 fully saturated rings. The fraction of sp³-hybridized carbons (Fsp3) is 0.769. The van der Waals surface area contributed by atoms with Crippen molar-refractivity contribution in [3.63, 3.8) is 0 Å². The van der Waals surface area contributed by atoms with Gasteiger partial charge in [-0.25, -0.2) is 4.98 Å². The fourth-order valence-electron chi connectivity index (χ4n) is 2.54. The van der Waals surface area contributed by atoms with Gasteiger partial charge in [0, 0.05) is 39.1 Å². The van der Waals surface area contributed by atoms with Gasteiger partial charge in [0.05, 0.1) is 0 Å². The van der Waals surface area contributed by atoms with Crippen LogP contribution >= 0.6 is 0 Å². The van der Waals surface area contributed by atoms with Gasteiger partial charge in [-0.3, -0.25) is 0 Å². The van der Waals surface area contributed by atoms with Crippen molar-refractivity contribution in [3.05, 3.63) is 12.4 Å². The van der Waals surface area contributed by atoms with Crippen LogP contribution in [0.25, 0.3) is 0 Å². The molecule has 0 unspecified atom stereocenters. The van der Waals surface area contributed by atoms with E-state index in [0.29, 0.717) is 0 Å². The molecule has 1 aromatic heterocycles. The van der Waals surface area contributed by atoms with E-state index in [9.17, 15) is 0 Å². The number of imidazole rings is 1. The maximum Gasteiger partial charge on any atom is 0.205 e. The van der Waals surface area contributed by atoms with E-state index in [2.05, 4.69) is 26.4 Å². The third kappa shape index (κ3) is 3.46. The molecule has 0 atom stereocenters. The lowest BCUT2D eigenvalue weighted by molar-refractivity contribution is 0.287. The number of rotatable bonds is 5. The van der Waals surface area contributed by atoms with Crippen molar-refractivity contribution in [3.8, 4) is 0 Å². The minimum absolute atomic E-state index is 0.813. The van der Waals surface area contributed by atoms with Crippen molar-refractivity contribution in [2.75, 3.05) is 44.2 Å². The summed E-state index contributed by atoms with van der Waals surface area (Å²) in [5.74, 6) is 1.10. The van der Waals surface area contributed by atoms with Crippen LogP contribution in [0.1, 0.15) is 19.3 Å². The minimum Gasteiger partial charge on any atom is -0.341 e. The van der Waals surface area contributed by atoms with Crippen LogP contribution in [0.3, 0.4) is 0 Å². The van der Waals surface area contributed by atoms with Gasteiger partial charge in [0.15, 0.2) is 0 Å². The maximum absolute atomic E-state index is 5.54. The summed E-state index contributed by atoms with van der Waals surface area (Å²) in [6.07, 6.45) is 7.46. The van der Waals surface area contributed by atoms with Gasteiger partial charge in [0.1, 0.15) is 0 Å². The molecule has 1 aliphatic rings. The molecule has 1 aliphatic heterocycles. The van der Waals surface area contributed by atoms with Gasteiger partial charge in [0.2, 0.25) is 5.95 Å². The summed E-state index contributed by atoms with van der Waals surface area (Å²) in [4.78, 5) is 9.38. The molecule has 18 heavy (non-hydrogen) atoms. The Morgan fingerprint density at radius 1 is 1.22 bits per heavy atom. The Bertz CT molecular complexity index is 349. The van der Waals surface area contributed by atoms with E-state index in [-0.39, 0.29) is 0 Å². The predicted octanol–water partition coefficient (Wildman–Crippen LogP) is 0.671. The molecule has 5 nitrogen and oxygen atoms in total. The Kier molecular flexibility index (Phi) is 5.01. The van der Waals surface area contributed by atoms with Crippen LogP contribution in [0.15, 0.2) is 12.4 Å². The third-order valence-corrected chi connectivity index (χ3v) is 3.60. The SMILES string of the molecule is Cn1ccnc1N1CCCN(CCCCN)CC1. The Balaban J connectivity index is 1.83. The summed E-state index contributed by atoms with van der Waals surface area (Å²) in [6.45, 7) is 6.52. The molecule has 5 heteroatoms. The maximum atomic E-state index is 5.54. The normalized spacial score (nSPS) is 18.0. The van der Waals surface area contributed by atoms with Crippen LogP contribution in [0, 0.1) is 0 Å². The molecule has 0 bridgehead atoms. The molecule has 0 radical (unpaired) electrons. The summed E-state index contributed by atoms with van der Waals surface area (Å²) >= 11 is 0. The molecule has 0 aliphatic carbocycles. The van der Waals surface area contributed by atoms with E-state index in [0.717, 1.165) is 38.5 Å². The number of anilines is 1. The van der Waals surface area contributed by atoms with Crippen molar-refractivity contribution in [1.82, 2.24) is 14.5 Å². The lowest BCUT2D eigenvalue weighted by Gasteiger charge is -2.22. The molecule has 1 aromatic rings. The largest absolute Gasteiger partial charge is 0.341 e.